The van der Waals surface area contributed by atoms with Crippen LogP contribution in [0.1, 0.15) is 18.4 Å². The SMILES string of the molecule is O=C(O)C(CNC(=O)C1CCCO1)Cc1ccc2ccccc2c1. The molecule has 2 atom stereocenters. The molecule has 0 saturated carbocycles. The number of fused-ring (bicyclic) bond motifs is 1. The maximum absolute atomic E-state index is 12.0. The fourth-order valence-electron chi connectivity index (χ4n) is 3.02. The zero-order chi connectivity index (χ0) is 16.9. The molecule has 1 amide bonds. The zero-order valence-electron chi connectivity index (χ0n) is 13.4. The third kappa shape index (κ3) is 3.92. The predicted octanol–water partition coefficient (Wildman–Crippen LogP) is 2.38. The van der Waals surface area contributed by atoms with Crippen LogP contribution in [0, 0.1) is 5.92 Å². The van der Waals surface area contributed by atoms with Crippen molar-refractivity contribution in [1.82, 2.24) is 5.32 Å². The lowest BCUT2D eigenvalue weighted by molar-refractivity contribution is -0.141. The molecule has 5 nitrogen and oxygen atoms in total. The summed E-state index contributed by atoms with van der Waals surface area (Å²) in [5, 5.41) is 14.4. The molecule has 2 unspecified atom stereocenters. The van der Waals surface area contributed by atoms with Gasteiger partial charge in [0.25, 0.3) is 0 Å². The van der Waals surface area contributed by atoms with Crippen LogP contribution in [-0.4, -0.2) is 36.2 Å². The minimum absolute atomic E-state index is 0.112. The number of amides is 1. The molecule has 126 valence electrons. The molecule has 1 heterocycles. The second kappa shape index (κ2) is 7.45. The minimum atomic E-state index is -0.907. The molecule has 1 aliphatic heterocycles. The molecule has 3 rings (SSSR count). The lowest BCUT2D eigenvalue weighted by Gasteiger charge is -2.16. The number of carbonyl (C=O) groups excluding carboxylic acids is 1. The maximum Gasteiger partial charge on any atom is 0.308 e. The van der Waals surface area contributed by atoms with Crippen LogP contribution in [0.15, 0.2) is 42.5 Å². The van der Waals surface area contributed by atoms with Gasteiger partial charge in [-0.25, -0.2) is 0 Å². The van der Waals surface area contributed by atoms with Gasteiger partial charge in [0.2, 0.25) is 5.91 Å². The minimum Gasteiger partial charge on any atom is -0.481 e. The van der Waals surface area contributed by atoms with Crippen LogP contribution < -0.4 is 5.32 Å². The highest BCUT2D eigenvalue weighted by atomic mass is 16.5. The van der Waals surface area contributed by atoms with Crippen molar-refractivity contribution in [2.24, 2.45) is 5.92 Å². The van der Waals surface area contributed by atoms with Crippen molar-refractivity contribution >= 4 is 22.6 Å². The second-order valence-corrected chi connectivity index (χ2v) is 6.17. The Kier molecular flexibility index (Phi) is 5.11. The van der Waals surface area contributed by atoms with Crippen molar-refractivity contribution in [3.63, 3.8) is 0 Å². The number of nitrogens with one attached hydrogen (secondary N) is 1. The average molecular weight is 327 g/mol. The highest BCUT2D eigenvalue weighted by Gasteiger charge is 2.25. The maximum atomic E-state index is 12.0. The van der Waals surface area contributed by atoms with Gasteiger partial charge in [0.15, 0.2) is 0 Å². The molecule has 1 saturated heterocycles. The van der Waals surface area contributed by atoms with Gasteiger partial charge in [-0.05, 0) is 35.6 Å². The fraction of sp³-hybridized carbons (Fsp3) is 0.368. The standard InChI is InChI=1S/C19H21NO4/c21-18(17-6-3-9-24-17)20-12-16(19(22)23)11-13-7-8-14-4-1-2-5-15(14)10-13/h1-2,4-5,7-8,10,16-17H,3,6,9,11-12H2,(H,20,21)(H,22,23). The summed E-state index contributed by atoms with van der Waals surface area (Å²) in [6, 6.07) is 13.9. The normalized spacial score (nSPS) is 18.4. The van der Waals surface area contributed by atoms with Gasteiger partial charge in [0.05, 0.1) is 5.92 Å². The summed E-state index contributed by atoms with van der Waals surface area (Å²) < 4.78 is 5.31. The molecular formula is C19H21NO4. The first-order chi connectivity index (χ1) is 11.6. The number of carboxylic acids is 1. The number of hydrogen-bond donors (Lipinski definition) is 2. The van der Waals surface area contributed by atoms with Crippen molar-refractivity contribution < 1.29 is 19.4 Å². The van der Waals surface area contributed by atoms with E-state index in [1.54, 1.807) is 0 Å². The number of ether oxygens (including phenoxy) is 1. The second-order valence-electron chi connectivity index (χ2n) is 6.17. The first-order valence-electron chi connectivity index (χ1n) is 8.23. The number of carboxylic acid groups (broad SMARTS) is 1. The van der Waals surface area contributed by atoms with Crippen molar-refractivity contribution in [3.8, 4) is 0 Å². The van der Waals surface area contributed by atoms with E-state index in [2.05, 4.69) is 5.32 Å². The van der Waals surface area contributed by atoms with Crippen LogP contribution in [0.5, 0.6) is 0 Å². The van der Waals surface area contributed by atoms with Gasteiger partial charge in [-0.15, -0.1) is 0 Å². The van der Waals surface area contributed by atoms with Crippen molar-refractivity contribution in [3.05, 3.63) is 48.0 Å². The molecule has 2 aromatic carbocycles. The molecule has 0 bridgehead atoms. The summed E-state index contributed by atoms with van der Waals surface area (Å²) in [6.45, 7) is 0.707. The molecule has 0 spiro atoms. The van der Waals surface area contributed by atoms with Gasteiger partial charge in [-0.1, -0.05) is 42.5 Å². The van der Waals surface area contributed by atoms with Crippen LogP contribution in [0.25, 0.3) is 10.8 Å². The Labute approximate surface area is 140 Å². The quantitative estimate of drug-likeness (QED) is 0.854. The van der Waals surface area contributed by atoms with E-state index in [1.165, 1.54) is 0 Å². The third-order valence-electron chi connectivity index (χ3n) is 4.39. The molecule has 2 aromatic rings. The Morgan fingerprint density at radius 3 is 2.71 bits per heavy atom. The highest BCUT2D eigenvalue weighted by molar-refractivity contribution is 5.83. The van der Waals surface area contributed by atoms with E-state index in [4.69, 9.17) is 4.74 Å². The third-order valence-corrected chi connectivity index (χ3v) is 4.39. The monoisotopic (exact) mass is 327 g/mol. The van der Waals surface area contributed by atoms with Gasteiger partial charge < -0.3 is 15.2 Å². The van der Waals surface area contributed by atoms with E-state index >= 15 is 0 Å². The summed E-state index contributed by atoms with van der Waals surface area (Å²) in [7, 11) is 0. The van der Waals surface area contributed by atoms with Crippen molar-refractivity contribution in [2.75, 3.05) is 13.2 Å². The smallest absolute Gasteiger partial charge is 0.308 e. The van der Waals surface area contributed by atoms with Crippen LogP contribution in [0.2, 0.25) is 0 Å². The van der Waals surface area contributed by atoms with Gasteiger partial charge in [-0.3, -0.25) is 9.59 Å². The van der Waals surface area contributed by atoms with E-state index < -0.39 is 18.0 Å². The van der Waals surface area contributed by atoms with Crippen LogP contribution >= 0.6 is 0 Å². The molecule has 0 aromatic heterocycles. The Morgan fingerprint density at radius 2 is 2.00 bits per heavy atom. The molecule has 0 aliphatic carbocycles. The molecular weight excluding hydrogens is 306 g/mol. The van der Waals surface area contributed by atoms with Gasteiger partial charge in [0.1, 0.15) is 6.10 Å². The largest absolute Gasteiger partial charge is 0.481 e. The van der Waals surface area contributed by atoms with E-state index in [9.17, 15) is 14.7 Å². The first-order valence-corrected chi connectivity index (χ1v) is 8.23. The number of carbonyl (C=O) groups is 2. The highest BCUT2D eigenvalue weighted by Crippen LogP contribution is 2.18. The van der Waals surface area contributed by atoms with Crippen LogP contribution in [0.3, 0.4) is 0 Å². The fourth-order valence-corrected chi connectivity index (χ4v) is 3.02. The Balaban J connectivity index is 1.64. The van der Waals surface area contributed by atoms with Crippen molar-refractivity contribution in [2.45, 2.75) is 25.4 Å². The topological polar surface area (TPSA) is 75.6 Å². The van der Waals surface area contributed by atoms with Gasteiger partial charge in [-0.2, -0.15) is 0 Å². The van der Waals surface area contributed by atoms with Gasteiger partial charge >= 0.3 is 5.97 Å². The van der Waals surface area contributed by atoms with E-state index in [1.807, 2.05) is 42.5 Å². The molecule has 2 N–H and O–H groups in total. The van der Waals surface area contributed by atoms with E-state index in [0.717, 1.165) is 22.8 Å². The molecule has 5 heteroatoms. The molecule has 1 aliphatic rings. The summed E-state index contributed by atoms with van der Waals surface area (Å²) in [5.74, 6) is -1.77. The number of benzene rings is 2. The van der Waals surface area contributed by atoms with Crippen LogP contribution in [-0.2, 0) is 20.7 Å². The number of hydrogen-bond acceptors (Lipinski definition) is 3. The summed E-state index contributed by atoms with van der Waals surface area (Å²) in [5.41, 5.74) is 0.951. The van der Waals surface area contributed by atoms with Gasteiger partial charge in [0, 0.05) is 13.2 Å². The van der Waals surface area contributed by atoms with Crippen molar-refractivity contribution in [1.29, 1.82) is 0 Å². The number of aliphatic carboxylic acids is 1. The van der Waals surface area contributed by atoms with E-state index in [0.29, 0.717) is 19.4 Å². The summed E-state index contributed by atoms with van der Waals surface area (Å²) in [4.78, 5) is 23.5. The zero-order valence-corrected chi connectivity index (χ0v) is 13.4. The number of rotatable bonds is 6. The predicted molar refractivity (Wildman–Crippen MR) is 90.8 cm³/mol. The first kappa shape index (κ1) is 16.5. The molecule has 0 radical (unpaired) electrons. The molecule has 1 fully saturated rings. The lowest BCUT2D eigenvalue weighted by atomic mass is 9.97. The Hall–Kier alpha value is -2.40. The van der Waals surface area contributed by atoms with Crippen LogP contribution in [0.4, 0.5) is 0 Å². The Morgan fingerprint density at radius 1 is 1.21 bits per heavy atom. The average Bonchev–Trinajstić information content (AvgIpc) is 3.12. The van der Waals surface area contributed by atoms with E-state index in [-0.39, 0.29) is 12.5 Å². The summed E-state index contributed by atoms with van der Waals surface area (Å²) in [6.07, 6.45) is 1.53. The molecule has 24 heavy (non-hydrogen) atoms. The Bertz CT molecular complexity index is 737. The summed E-state index contributed by atoms with van der Waals surface area (Å²) >= 11 is 0. The lowest BCUT2D eigenvalue weighted by Crippen LogP contribution is -2.39.